The minimum absolute atomic E-state index is 0.446. The predicted octanol–water partition coefficient (Wildman–Crippen LogP) is 4.54. The first-order valence-electron chi connectivity index (χ1n) is 7.17. The van der Waals surface area contributed by atoms with Gasteiger partial charge in [-0.25, -0.2) is 17.5 Å². The van der Waals surface area contributed by atoms with Crippen LogP contribution in [0.1, 0.15) is 26.3 Å². The Morgan fingerprint density at radius 1 is 1.12 bits per heavy atom. The highest BCUT2D eigenvalue weighted by atomic mass is 32.2. The monoisotopic (exact) mass is 421 g/mol. The summed E-state index contributed by atoms with van der Waals surface area (Å²) < 4.78 is 92.1. The average molecular weight is 422 g/mol. The van der Waals surface area contributed by atoms with Crippen molar-refractivity contribution < 1.29 is 30.4 Å². The van der Waals surface area contributed by atoms with Crippen molar-refractivity contribution in [3.05, 3.63) is 17.5 Å². The molecule has 0 spiro atoms. The van der Waals surface area contributed by atoms with Crippen molar-refractivity contribution in [3.8, 4) is 0 Å². The van der Waals surface area contributed by atoms with Crippen LogP contribution >= 0.6 is 11.3 Å². The van der Waals surface area contributed by atoms with Crippen LogP contribution in [0.4, 0.5) is 22.0 Å². The van der Waals surface area contributed by atoms with E-state index >= 15 is 0 Å². The quantitative estimate of drug-likeness (QED) is 0.573. The molecule has 0 aliphatic carbocycles. The third kappa shape index (κ3) is 5.60. The summed E-state index contributed by atoms with van der Waals surface area (Å²) in [5, 5.41) is 0. The Bertz CT molecular complexity index is 784. The fourth-order valence-electron chi connectivity index (χ4n) is 1.79. The van der Waals surface area contributed by atoms with E-state index in [-0.39, 0.29) is 0 Å². The van der Waals surface area contributed by atoms with Crippen LogP contribution in [0.3, 0.4) is 0 Å². The molecule has 0 saturated carbocycles. The smallest absolute Gasteiger partial charge is 0.206 e. The summed E-state index contributed by atoms with van der Waals surface area (Å²) in [6, 6.07) is 1.01. The highest BCUT2D eigenvalue weighted by Gasteiger charge is 2.41. The Morgan fingerprint density at radius 3 is 1.96 bits per heavy atom. The van der Waals surface area contributed by atoms with Gasteiger partial charge in [-0.15, -0.1) is 11.3 Å². The normalized spacial score (nSPS) is 15.3. The van der Waals surface area contributed by atoms with E-state index in [1.807, 2.05) is 19.6 Å². The van der Waals surface area contributed by atoms with E-state index in [1.54, 1.807) is 0 Å². The minimum Gasteiger partial charge on any atom is -0.206 e. The van der Waals surface area contributed by atoms with Crippen LogP contribution in [0.2, 0.25) is 19.6 Å². The molecule has 0 aliphatic heterocycles. The molecule has 0 atom stereocenters. The Balaban J connectivity index is 3.72. The molecule has 144 valence electrons. The maximum Gasteiger partial charge on any atom is 0.445 e. The van der Waals surface area contributed by atoms with Gasteiger partial charge in [-0.1, -0.05) is 19.6 Å². The summed E-state index contributed by atoms with van der Waals surface area (Å²) in [4.78, 5) is 0. The highest BCUT2D eigenvalue weighted by molar-refractivity contribution is 7.92. The molecule has 1 heterocycles. The maximum atomic E-state index is 14.2. The van der Waals surface area contributed by atoms with E-state index < -0.39 is 51.2 Å². The van der Waals surface area contributed by atoms with Crippen LogP contribution in [0.25, 0.3) is 5.83 Å². The molecule has 1 N–H and O–H groups in total. The van der Waals surface area contributed by atoms with Crippen molar-refractivity contribution >= 4 is 39.8 Å². The zero-order chi connectivity index (χ0) is 20.0. The van der Waals surface area contributed by atoms with Crippen molar-refractivity contribution in [1.29, 1.82) is 0 Å². The van der Waals surface area contributed by atoms with Crippen LogP contribution in [-0.4, -0.2) is 28.2 Å². The van der Waals surface area contributed by atoms with Gasteiger partial charge in [0, 0.05) is 11.1 Å². The second kappa shape index (κ2) is 6.75. The standard InChI is InChI=1S/C14H20F5NO2S2Si/c1-13(2,3)20-24(21,22)12-8(7-9(23-12)25(4,5)6)10(15)11(16)14(17,18)19/h7,20H,1-6H3/b11-10-. The van der Waals surface area contributed by atoms with Gasteiger partial charge in [0.25, 0.3) is 10.0 Å². The fraction of sp³-hybridized carbons (Fsp3) is 0.571. The van der Waals surface area contributed by atoms with Crippen molar-refractivity contribution in [2.24, 2.45) is 0 Å². The predicted molar refractivity (Wildman–Crippen MR) is 92.6 cm³/mol. The summed E-state index contributed by atoms with van der Waals surface area (Å²) in [6.07, 6.45) is -5.54. The molecule has 1 aromatic rings. The molecule has 3 nitrogen and oxygen atoms in total. The summed E-state index contributed by atoms with van der Waals surface area (Å²) in [7, 11) is -6.50. The lowest BCUT2D eigenvalue weighted by Crippen LogP contribution is -2.40. The van der Waals surface area contributed by atoms with Gasteiger partial charge in [0.15, 0.2) is 5.83 Å². The van der Waals surface area contributed by atoms with Gasteiger partial charge >= 0.3 is 6.18 Å². The topological polar surface area (TPSA) is 46.2 Å². The van der Waals surface area contributed by atoms with Gasteiger partial charge in [-0.05, 0) is 31.3 Å². The molecule has 0 bridgehead atoms. The van der Waals surface area contributed by atoms with Crippen molar-refractivity contribution in [1.82, 2.24) is 4.72 Å². The molecular weight excluding hydrogens is 401 g/mol. The Kier molecular flexibility index (Phi) is 6.01. The van der Waals surface area contributed by atoms with E-state index in [9.17, 15) is 30.4 Å². The lowest BCUT2D eigenvalue weighted by Gasteiger charge is -2.20. The van der Waals surface area contributed by atoms with Gasteiger partial charge in [0.1, 0.15) is 4.21 Å². The van der Waals surface area contributed by atoms with Crippen molar-refractivity contribution in [3.63, 3.8) is 0 Å². The van der Waals surface area contributed by atoms with Crippen LogP contribution in [0.5, 0.6) is 0 Å². The SMILES string of the molecule is CC(C)(C)NS(=O)(=O)c1sc([Si](C)(C)C)cc1/C(F)=C(/F)C(F)(F)F. The highest BCUT2D eigenvalue weighted by Crippen LogP contribution is 2.38. The van der Waals surface area contributed by atoms with E-state index in [4.69, 9.17) is 0 Å². The molecule has 11 heteroatoms. The molecule has 1 rings (SSSR count). The second-order valence-electron chi connectivity index (χ2n) is 7.54. The Morgan fingerprint density at radius 2 is 1.60 bits per heavy atom. The van der Waals surface area contributed by atoms with E-state index in [1.165, 1.54) is 20.8 Å². The third-order valence-corrected chi connectivity index (χ3v) is 9.81. The van der Waals surface area contributed by atoms with Gasteiger partial charge in [-0.3, -0.25) is 0 Å². The molecule has 0 radical (unpaired) electrons. The molecule has 0 aliphatic rings. The average Bonchev–Trinajstić information content (AvgIpc) is 2.78. The van der Waals surface area contributed by atoms with E-state index in [0.717, 1.165) is 6.07 Å². The zero-order valence-corrected chi connectivity index (χ0v) is 17.2. The van der Waals surface area contributed by atoms with Gasteiger partial charge < -0.3 is 0 Å². The van der Waals surface area contributed by atoms with E-state index in [0.29, 0.717) is 15.8 Å². The van der Waals surface area contributed by atoms with E-state index in [2.05, 4.69) is 4.72 Å². The van der Waals surface area contributed by atoms with Gasteiger partial charge in [-0.2, -0.15) is 17.6 Å². The molecule has 0 fully saturated rings. The fourth-order valence-corrected chi connectivity index (χ4v) is 6.92. The van der Waals surface area contributed by atoms with Gasteiger partial charge in [0.05, 0.1) is 8.07 Å². The largest absolute Gasteiger partial charge is 0.445 e. The Labute approximate surface area is 149 Å². The number of sulfonamides is 1. The lowest BCUT2D eigenvalue weighted by molar-refractivity contribution is -0.108. The minimum atomic E-state index is -5.54. The van der Waals surface area contributed by atoms with Crippen molar-refractivity contribution in [2.45, 2.75) is 56.3 Å². The molecule has 25 heavy (non-hydrogen) atoms. The van der Waals surface area contributed by atoms with Gasteiger partial charge in [0.2, 0.25) is 5.83 Å². The number of alkyl halides is 3. The van der Waals surface area contributed by atoms with Crippen LogP contribution in [0.15, 0.2) is 16.1 Å². The first-order valence-corrected chi connectivity index (χ1v) is 13.0. The summed E-state index contributed by atoms with van der Waals surface area (Å²) >= 11 is 0.674. The number of hydrogen-bond donors (Lipinski definition) is 1. The molecule has 0 aromatic carbocycles. The van der Waals surface area contributed by atoms with Crippen LogP contribution < -0.4 is 9.22 Å². The van der Waals surface area contributed by atoms with Crippen LogP contribution in [0, 0.1) is 0 Å². The van der Waals surface area contributed by atoms with Crippen LogP contribution in [-0.2, 0) is 10.0 Å². The number of thiophene rings is 1. The number of nitrogens with one attached hydrogen (secondary N) is 1. The first-order chi connectivity index (χ1) is 10.9. The summed E-state index contributed by atoms with van der Waals surface area (Å²) in [5.41, 5.74) is -1.84. The lowest BCUT2D eigenvalue weighted by atomic mass is 10.1. The number of hydrogen-bond acceptors (Lipinski definition) is 3. The number of rotatable bonds is 4. The summed E-state index contributed by atoms with van der Waals surface area (Å²) in [6.45, 7) is 10.0. The first kappa shape index (κ1) is 22.3. The maximum absolute atomic E-state index is 14.2. The second-order valence-corrected chi connectivity index (χ2v) is 15.9. The molecule has 0 unspecified atom stereocenters. The Hall–Kier alpha value is -0.783. The van der Waals surface area contributed by atoms with Crippen molar-refractivity contribution in [2.75, 3.05) is 0 Å². The molecule has 0 saturated heterocycles. The number of halogens is 5. The molecule has 1 aromatic heterocycles. The summed E-state index contributed by atoms with van der Waals surface area (Å²) in [5.74, 6) is -5.16. The zero-order valence-electron chi connectivity index (χ0n) is 14.6. The number of allylic oxidation sites excluding steroid dienone is 1. The molecular formula is C14H20F5NO2S2Si. The third-order valence-electron chi connectivity index (χ3n) is 2.80. The molecule has 0 amide bonds.